The molecule has 0 spiro atoms. The number of nitrogens with zero attached hydrogens (tertiary/aromatic N) is 4. The molecular formula is C79H78Cl10N12O18. The van der Waals surface area contributed by atoms with Crippen molar-refractivity contribution >= 4 is 186 Å². The highest BCUT2D eigenvalue weighted by atomic mass is 35.5. The van der Waals surface area contributed by atoms with Gasteiger partial charge in [0.05, 0.1) is 82.3 Å². The molecule has 6 aromatic carbocycles. The van der Waals surface area contributed by atoms with Crippen molar-refractivity contribution in [2.24, 2.45) is 10.9 Å². The number of carbonyl (C=O) groups is 11. The summed E-state index contributed by atoms with van der Waals surface area (Å²) in [5, 5.41) is 45.8. The Morgan fingerprint density at radius 3 is 1.24 bits per heavy atom. The van der Waals surface area contributed by atoms with E-state index in [9.17, 15) is 52.7 Å². The Labute approximate surface area is 735 Å². The van der Waals surface area contributed by atoms with Gasteiger partial charge in [0, 0.05) is 107 Å². The Hall–Kier alpha value is -11.4. The predicted octanol–water partition coefficient (Wildman–Crippen LogP) is 15.2. The van der Waals surface area contributed by atoms with Gasteiger partial charge >= 0.3 is 11.9 Å². The minimum absolute atomic E-state index is 0. The number of amides is 8. The lowest BCUT2D eigenvalue weighted by Crippen LogP contribution is -2.30. The summed E-state index contributed by atoms with van der Waals surface area (Å²) in [6, 6.07) is 34.8. The summed E-state index contributed by atoms with van der Waals surface area (Å²) in [7, 11) is 0. The first kappa shape index (κ1) is 108. The molecule has 2 aliphatic rings. The standard InChI is InChI=1S/C15H14Cl2N2O4.C13H11Cl2N3O4.C12H9NO2.C11H9Cl2NO.C8H5NO2.C7H3Cl3O.C4H6ClNO3.C4H7N.C4H6O.CH4.H2N2.H2/c1-2-22-15(21)13-8-10(23-19-13)5-6-18-14(20)9-3-4-11(16)12(17)7-9;14-9-2-1-7(5-10(9)15)12(19)16-4-3-8-6-11(18-22-8)13(20)17-21;1-2-3-8-13-11(14)9-6-4-5-7-10(9)12(13)15;1-2-3-6-14-11(15)8-4-5-9(12)10(13)7-8;10-7-5-3-1-2-4-6(5)8(11)9-7;8-5-2-1-4(7(10)11)3-6(5)9;1-2-9-4(7)3(5)6-8;2*1-2-3-4-5;;1-2;/h3-4,7-8H,2,5-6H2,1H3,(H,18,20);1-2,5-6,21H,3-4H2,(H,16,19)(H,17,20);1,4-7H,3,8H2;1,4-5,7H,3,6H2,(H,14,15);1-4H,(H,9,10,11);1-3H;8H,2H2,1H3;1H,3-5H2;1,5H,3-4H2;1H4;1-2H;1H/b;;;;;;6-3-;;;;;. The number of ether oxygens (including phenoxy) is 2. The van der Waals surface area contributed by atoms with Crippen LogP contribution in [0.5, 0.6) is 0 Å². The second-order valence-electron chi connectivity index (χ2n) is 21.7. The van der Waals surface area contributed by atoms with Gasteiger partial charge in [-0.15, -0.1) is 49.4 Å². The van der Waals surface area contributed by atoms with E-state index in [1.54, 1.807) is 92.7 Å². The minimum atomic E-state index is -0.818. The van der Waals surface area contributed by atoms with Crippen molar-refractivity contribution in [3.8, 4) is 49.4 Å². The average Bonchev–Trinajstić information content (AvgIpc) is 1.64. The fraction of sp³-hybridized carbons (Fsp3) is 0.215. The number of imide groups is 2. The SMILES string of the molecule is C.C#CCCN.C#CCCN1C(=O)c2ccccc2C1=O.C#CCCNC(=O)c1ccc(Cl)c(Cl)c1.C#CCCO.CCOC(=O)/C(Cl)=N/O.CCOC(=O)c1cc(CCNC(=O)c2ccc(Cl)c(Cl)c2)on1.N=N.O=C(Cl)c1ccc(Cl)c(Cl)c1.O=C(NCCc1cc(C(=O)NO)no1)c1ccc(Cl)c(Cl)c1.O=C1NC(=O)c2ccccc21.[HH]. The van der Waals surface area contributed by atoms with Crippen LogP contribution in [0.15, 0.2) is 148 Å². The van der Waals surface area contributed by atoms with Gasteiger partial charge in [0.15, 0.2) is 11.4 Å². The van der Waals surface area contributed by atoms with Gasteiger partial charge in [-0.2, -0.15) is 0 Å². The monoisotopic (exact) mass is 1830 g/mol. The number of esters is 2. The lowest BCUT2D eigenvalue weighted by molar-refractivity contribution is -0.134. The molecule has 0 atom stereocenters. The van der Waals surface area contributed by atoms with E-state index < -0.39 is 28.3 Å². The van der Waals surface area contributed by atoms with Gasteiger partial charge in [0.1, 0.15) is 11.5 Å². The quantitative estimate of drug-likeness (QED) is 0.00304. The first-order chi connectivity index (χ1) is 56.4. The van der Waals surface area contributed by atoms with Crippen LogP contribution in [0, 0.1) is 60.4 Å². The molecule has 632 valence electrons. The molecule has 0 radical (unpaired) electrons. The molecule has 8 aromatic rings. The molecule has 30 nitrogen and oxygen atoms in total. The minimum Gasteiger partial charge on any atom is -0.461 e. The number of hydrogen-bond acceptors (Lipinski definition) is 24. The number of aliphatic hydroxyl groups is 1. The van der Waals surface area contributed by atoms with Gasteiger partial charge < -0.3 is 50.5 Å². The van der Waals surface area contributed by atoms with E-state index >= 15 is 0 Å². The molecule has 2 aromatic heterocycles. The number of oxime groups is 1. The Balaban J connectivity index is 0. The highest BCUT2D eigenvalue weighted by molar-refractivity contribution is 6.81. The number of aromatic nitrogens is 2. The van der Waals surface area contributed by atoms with E-state index in [-0.39, 0.29) is 88.0 Å². The number of nitrogens with two attached hydrogens (primary N) is 1. The van der Waals surface area contributed by atoms with Crippen molar-refractivity contribution in [2.45, 2.75) is 59.8 Å². The van der Waals surface area contributed by atoms with Crippen molar-refractivity contribution in [1.82, 2.24) is 42.0 Å². The molecule has 0 bridgehead atoms. The summed E-state index contributed by atoms with van der Waals surface area (Å²) in [5.74, 6) is 6.36. The molecule has 2 aliphatic heterocycles. The maximum Gasteiger partial charge on any atom is 0.372 e. The number of hydrogen-bond donors (Lipinski definition) is 11. The predicted molar refractivity (Wildman–Crippen MR) is 455 cm³/mol. The molecule has 0 aliphatic carbocycles. The lowest BCUT2D eigenvalue weighted by atomic mass is 10.1. The van der Waals surface area contributed by atoms with Crippen LogP contribution < -0.4 is 32.5 Å². The van der Waals surface area contributed by atoms with E-state index in [1.165, 1.54) is 65.0 Å². The number of terminal acetylenes is 4. The van der Waals surface area contributed by atoms with Gasteiger partial charge in [0.25, 0.3) is 57.7 Å². The molecule has 12 N–H and O–H groups in total. The van der Waals surface area contributed by atoms with E-state index in [4.69, 9.17) is 188 Å². The van der Waals surface area contributed by atoms with E-state index in [1.807, 2.05) is 0 Å². The fourth-order valence-corrected chi connectivity index (χ4v) is 9.49. The third-order valence-corrected chi connectivity index (χ3v) is 17.0. The Morgan fingerprint density at radius 1 is 0.529 bits per heavy atom. The number of hydroxylamine groups is 1. The zero-order valence-corrected chi connectivity index (χ0v) is 69.6. The maximum absolute atomic E-state index is 12.0. The maximum atomic E-state index is 12.0. The van der Waals surface area contributed by atoms with E-state index in [0.717, 1.165) is 0 Å². The number of carbonyl (C=O) groups excluding carboxylic acids is 11. The van der Waals surface area contributed by atoms with Crippen LogP contribution in [0.3, 0.4) is 0 Å². The summed E-state index contributed by atoms with van der Waals surface area (Å²) < 4.78 is 19.1. The number of rotatable bonds is 21. The smallest absolute Gasteiger partial charge is 0.372 e. The molecule has 40 heteroatoms. The Morgan fingerprint density at radius 2 is 0.899 bits per heavy atom. The Bertz CT molecular complexity index is 4890. The molecule has 0 unspecified atom stereocenters. The van der Waals surface area contributed by atoms with Crippen LogP contribution in [0.1, 0.15) is 164 Å². The van der Waals surface area contributed by atoms with Gasteiger partial charge in [-0.25, -0.2) is 26.1 Å². The average molecular weight is 1840 g/mol. The van der Waals surface area contributed by atoms with Crippen molar-refractivity contribution in [1.29, 1.82) is 11.1 Å². The van der Waals surface area contributed by atoms with Crippen LogP contribution in [0.2, 0.25) is 40.2 Å². The summed E-state index contributed by atoms with van der Waals surface area (Å²) in [6.45, 7) is 5.86. The number of nitrogens with one attached hydrogen (secondary N) is 7. The van der Waals surface area contributed by atoms with Gasteiger partial charge in [-0.05, 0) is 123 Å². The zero-order chi connectivity index (χ0) is 88.8. The van der Waals surface area contributed by atoms with E-state index in [2.05, 4.69) is 65.2 Å². The first-order valence-corrected chi connectivity index (χ1v) is 37.3. The molecule has 4 heterocycles. The number of halogens is 10. The molecule has 0 saturated carbocycles. The van der Waals surface area contributed by atoms with Crippen LogP contribution in [0.4, 0.5) is 0 Å². The van der Waals surface area contributed by atoms with Crippen LogP contribution >= 0.6 is 116 Å². The zero-order valence-electron chi connectivity index (χ0n) is 62.0. The summed E-state index contributed by atoms with van der Waals surface area (Å²) in [4.78, 5) is 125. The number of fused-ring (bicyclic) bond motifs is 2. The number of aliphatic hydroxyl groups excluding tert-OH is 1. The molecular weight excluding hydrogens is 1760 g/mol. The topological polar surface area (TPSA) is 468 Å². The third-order valence-electron chi connectivity index (χ3n) is 13.6. The van der Waals surface area contributed by atoms with E-state index in [0.29, 0.717) is 161 Å². The summed E-state index contributed by atoms with van der Waals surface area (Å²) in [6.07, 6.45) is 22.5. The third kappa shape index (κ3) is 39.6. The van der Waals surface area contributed by atoms with Crippen LogP contribution in [0.25, 0.3) is 0 Å². The van der Waals surface area contributed by atoms with Gasteiger partial charge in [-0.1, -0.05) is 152 Å². The largest absolute Gasteiger partial charge is 0.461 e. The van der Waals surface area contributed by atoms with Crippen LogP contribution in [-0.4, -0.2) is 153 Å². The van der Waals surface area contributed by atoms with Crippen molar-refractivity contribution in [3.05, 3.63) is 241 Å². The second kappa shape index (κ2) is 61.0. The Kier molecular flexibility index (Phi) is 55.2. The summed E-state index contributed by atoms with van der Waals surface area (Å²) in [5.41, 5.74) is 20.0. The highest BCUT2D eigenvalue weighted by Gasteiger charge is 2.34. The summed E-state index contributed by atoms with van der Waals surface area (Å²) >= 11 is 56.2. The van der Waals surface area contributed by atoms with Crippen molar-refractivity contribution in [3.63, 3.8) is 0 Å². The first-order valence-electron chi connectivity index (χ1n) is 33.5. The number of benzene rings is 6. The van der Waals surface area contributed by atoms with Crippen molar-refractivity contribution in [2.75, 3.05) is 52.5 Å². The van der Waals surface area contributed by atoms with Gasteiger partial charge in [0.2, 0.25) is 0 Å². The molecule has 0 saturated heterocycles. The molecule has 0 fully saturated rings. The highest BCUT2D eigenvalue weighted by Crippen LogP contribution is 2.27. The lowest BCUT2D eigenvalue weighted by Gasteiger charge is -2.10. The second-order valence-corrected chi connectivity index (χ2v) is 25.6. The fourth-order valence-electron chi connectivity index (χ4n) is 8.13. The molecule has 8 amide bonds. The normalized spacial score (nSPS) is 10.5. The van der Waals surface area contributed by atoms with Crippen molar-refractivity contribution < 1.29 is 88.2 Å². The molecule has 10 rings (SSSR count). The van der Waals surface area contributed by atoms with Gasteiger partial charge in [-0.3, -0.25) is 58.6 Å². The van der Waals surface area contributed by atoms with Crippen LogP contribution in [-0.2, 0) is 27.1 Å². The molecule has 119 heavy (non-hydrogen) atoms.